The second kappa shape index (κ2) is 3.64. The molecule has 2 aliphatic heterocycles. The summed E-state index contributed by atoms with van der Waals surface area (Å²) in [6.45, 7) is 5.97. The first-order chi connectivity index (χ1) is 6.33. The fourth-order valence-electron chi connectivity index (χ4n) is 2.20. The van der Waals surface area contributed by atoms with E-state index < -0.39 is 0 Å². The van der Waals surface area contributed by atoms with Gasteiger partial charge in [-0.3, -0.25) is 9.80 Å². The summed E-state index contributed by atoms with van der Waals surface area (Å²) in [6, 6.07) is 0.412. The first-order valence-corrected chi connectivity index (χ1v) is 5.10. The van der Waals surface area contributed by atoms with Crippen molar-refractivity contribution in [3.63, 3.8) is 0 Å². The van der Waals surface area contributed by atoms with E-state index in [2.05, 4.69) is 17.2 Å². The molecule has 0 aromatic heterocycles. The number of nitrogens with one attached hydrogen (secondary N) is 1. The Morgan fingerprint density at radius 2 is 2.46 bits per heavy atom. The molecule has 2 aliphatic rings. The summed E-state index contributed by atoms with van der Waals surface area (Å²) in [7, 11) is 0. The van der Waals surface area contributed by atoms with Crippen LogP contribution in [-0.4, -0.2) is 48.1 Å². The van der Waals surface area contributed by atoms with Crippen LogP contribution in [0.2, 0.25) is 0 Å². The van der Waals surface area contributed by atoms with Gasteiger partial charge in [-0.15, -0.1) is 0 Å². The molecular weight excluding hydrogens is 166 g/mol. The Balaban J connectivity index is 2.04. The van der Waals surface area contributed by atoms with Crippen molar-refractivity contribution in [2.75, 3.05) is 26.2 Å². The van der Waals surface area contributed by atoms with E-state index in [0.29, 0.717) is 18.4 Å². The minimum Gasteiger partial charge on any atom is -0.315 e. The number of hydrogen-bond acceptors (Lipinski definition) is 3. The van der Waals surface area contributed by atoms with E-state index in [0.717, 1.165) is 32.6 Å². The summed E-state index contributed by atoms with van der Waals surface area (Å²) < 4.78 is 0. The highest BCUT2D eigenvalue weighted by molar-refractivity contribution is 5.78. The molecule has 1 N–H and O–H groups in total. The minimum atomic E-state index is 0.301. The maximum Gasteiger partial charge on any atom is 0.238 e. The second-order valence-corrected chi connectivity index (χ2v) is 3.68. The number of rotatable bonds is 2. The Kier molecular flexibility index (Phi) is 2.51. The molecule has 1 atom stereocenters. The lowest BCUT2D eigenvalue weighted by atomic mass is 10.2. The van der Waals surface area contributed by atoms with Gasteiger partial charge in [0.15, 0.2) is 0 Å². The fraction of sp³-hybridized carbons (Fsp3) is 0.889. The molecule has 0 spiro atoms. The van der Waals surface area contributed by atoms with Crippen LogP contribution in [0.1, 0.15) is 19.8 Å². The summed E-state index contributed by atoms with van der Waals surface area (Å²) in [5.41, 5.74) is 0. The van der Waals surface area contributed by atoms with Crippen molar-refractivity contribution >= 4 is 5.91 Å². The molecule has 4 heteroatoms. The van der Waals surface area contributed by atoms with E-state index in [4.69, 9.17) is 0 Å². The van der Waals surface area contributed by atoms with Crippen molar-refractivity contribution < 1.29 is 4.79 Å². The molecule has 2 fully saturated rings. The Morgan fingerprint density at radius 3 is 3.08 bits per heavy atom. The molecule has 0 aromatic rings. The van der Waals surface area contributed by atoms with Crippen LogP contribution in [-0.2, 0) is 4.79 Å². The van der Waals surface area contributed by atoms with Crippen LogP contribution in [0.3, 0.4) is 0 Å². The molecule has 0 aromatic carbocycles. The van der Waals surface area contributed by atoms with E-state index in [1.54, 1.807) is 0 Å². The average Bonchev–Trinajstić information content (AvgIpc) is 2.72. The van der Waals surface area contributed by atoms with Gasteiger partial charge in [-0.1, -0.05) is 6.92 Å². The number of carbonyl (C=O) groups excluding carboxylic acids is 1. The van der Waals surface area contributed by atoms with Gasteiger partial charge in [-0.05, 0) is 13.0 Å². The Labute approximate surface area is 78.8 Å². The van der Waals surface area contributed by atoms with Crippen LogP contribution in [0.5, 0.6) is 0 Å². The third-order valence-corrected chi connectivity index (χ3v) is 2.89. The van der Waals surface area contributed by atoms with Crippen molar-refractivity contribution in [3.8, 4) is 0 Å². The molecule has 74 valence electrons. The zero-order chi connectivity index (χ0) is 9.26. The number of amides is 1. The van der Waals surface area contributed by atoms with Crippen molar-refractivity contribution in [3.05, 3.63) is 0 Å². The minimum absolute atomic E-state index is 0.301. The van der Waals surface area contributed by atoms with Crippen LogP contribution in [0, 0.1) is 0 Å². The van der Waals surface area contributed by atoms with Crippen LogP contribution < -0.4 is 5.32 Å². The maximum absolute atomic E-state index is 11.6. The van der Waals surface area contributed by atoms with E-state index in [9.17, 15) is 4.79 Å². The predicted molar refractivity (Wildman–Crippen MR) is 50.0 cm³/mol. The third kappa shape index (κ3) is 1.56. The lowest BCUT2D eigenvalue weighted by Crippen LogP contribution is -2.47. The van der Waals surface area contributed by atoms with Gasteiger partial charge in [-0.25, -0.2) is 5.01 Å². The van der Waals surface area contributed by atoms with Gasteiger partial charge in [0.25, 0.3) is 0 Å². The van der Waals surface area contributed by atoms with Crippen LogP contribution in [0.15, 0.2) is 0 Å². The number of carbonyl (C=O) groups is 1. The van der Waals surface area contributed by atoms with E-state index in [1.807, 2.05) is 5.01 Å². The van der Waals surface area contributed by atoms with Crippen molar-refractivity contribution in [2.45, 2.75) is 25.8 Å². The van der Waals surface area contributed by atoms with Crippen molar-refractivity contribution in [1.29, 1.82) is 0 Å². The van der Waals surface area contributed by atoms with Crippen LogP contribution in [0.25, 0.3) is 0 Å². The molecule has 0 bridgehead atoms. The summed E-state index contributed by atoms with van der Waals surface area (Å²) in [5, 5.41) is 7.43. The van der Waals surface area contributed by atoms with Crippen molar-refractivity contribution in [1.82, 2.24) is 15.3 Å². The smallest absolute Gasteiger partial charge is 0.238 e. The summed E-state index contributed by atoms with van der Waals surface area (Å²) in [6.07, 6.45) is 1.80. The van der Waals surface area contributed by atoms with Gasteiger partial charge in [0, 0.05) is 26.1 Å². The SMILES string of the molecule is CCN1CCC(=O)N1C1CCNC1. The van der Waals surface area contributed by atoms with E-state index in [1.165, 1.54) is 0 Å². The highest BCUT2D eigenvalue weighted by atomic mass is 16.2. The van der Waals surface area contributed by atoms with E-state index >= 15 is 0 Å². The Hall–Kier alpha value is -0.610. The monoisotopic (exact) mass is 183 g/mol. The van der Waals surface area contributed by atoms with Crippen LogP contribution >= 0.6 is 0 Å². The molecule has 0 aliphatic carbocycles. The Bertz CT molecular complexity index is 201. The van der Waals surface area contributed by atoms with Crippen LogP contribution in [0.4, 0.5) is 0 Å². The molecule has 1 amide bonds. The summed E-state index contributed by atoms with van der Waals surface area (Å²) >= 11 is 0. The van der Waals surface area contributed by atoms with E-state index in [-0.39, 0.29) is 0 Å². The third-order valence-electron chi connectivity index (χ3n) is 2.89. The van der Waals surface area contributed by atoms with Crippen molar-refractivity contribution in [2.24, 2.45) is 0 Å². The predicted octanol–water partition coefficient (Wildman–Crippen LogP) is -0.182. The lowest BCUT2D eigenvalue weighted by molar-refractivity contribution is -0.141. The molecule has 0 radical (unpaired) electrons. The second-order valence-electron chi connectivity index (χ2n) is 3.68. The highest BCUT2D eigenvalue weighted by Crippen LogP contribution is 2.18. The molecule has 2 saturated heterocycles. The highest BCUT2D eigenvalue weighted by Gasteiger charge is 2.34. The van der Waals surface area contributed by atoms with Gasteiger partial charge in [0.2, 0.25) is 5.91 Å². The largest absolute Gasteiger partial charge is 0.315 e. The summed E-state index contributed by atoms with van der Waals surface area (Å²) in [4.78, 5) is 11.6. The number of nitrogens with zero attached hydrogens (tertiary/aromatic N) is 2. The molecule has 13 heavy (non-hydrogen) atoms. The Morgan fingerprint density at radius 1 is 1.62 bits per heavy atom. The first-order valence-electron chi connectivity index (χ1n) is 5.10. The molecule has 2 rings (SSSR count). The number of hydrogen-bond donors (Lipinski definition) is 1. The lowest BCUT2D eigenvalue weighted by Gasteiger charge is -2.31. The quantitative estimate of drug-likeness (QED) is 0.645. The normalized spacial score (nSPS) is 30.4. The van der Waals surface area contributed by atoms with Gasteiger partial charge < -0.3 is 5.32 Å². The zero-order valence-electron chi connectivity index (χ0n) is 8.12. The molecule has 1 unspecified atom stereocenters. The first kappa shape index (κ1) is 8.97. The van der Waals surface area contributed by atoms with Gasteiger partial charge in [-0.2, -0.15) is 0 Å². The van der Waals surface area contributed by atoms with Gasteiger partial charge in [0.1, 0.15) is 0 Å². The molecule has 0 saturated carbocycles. The van der Waals surface area contributed by atoms with Gasteiger partial charge >= 0.3 is 0 Å². The maximum atomic E-state index is 11.6. The topological polar surface area (TPSA) is 35.6 Å². The summed E-state index contributed by atoms with van der Waals surface area (Å²) in [5.74, 6) is 0.301. The fourth-order valence-corrected chi connectivity index (χ4v) is 2.20. The van der Waals surface area contributed by atoms with Gasteiger partial charge in [0.05, 0.1) is 6.04 Å². The molecule has 2 heterocycles. The standard InChI is InChI=1S/C9H17N3O/c1-2-11-6-4-9(13)12(11)8-3-5-10-7-8/h8,10H,2-7H2,1H3. The molecule has 4 nitrogen and oxygen atoms in total. The average molecular weight is 183 g/mol. The molecular formula is C9H17N3O. The zero-order valence-corrected chi connectivity index (χ0v) is 8.12. The number of hydrazine groups is 1.